The third-order valence-electron chi connectivity index (χ3n) is 1.82. The van der Waals surface area contributed by atoms with Crippen molar-refractivity contribution in [3.8, 4) is 0 Å². The predicted molar refractivity (Wildman–Crippen MR) is 40.8 cm³/mol. The van der Waals surface area contributed by atoms with E-state index >= 15 is 0 Å². The van der Waals surface area contributed by atoms with Crippen LogP contribution in [0.15, 0.2) is 18.2 Å². The molecule has 1 aromatic rings. The van der Waals surface area contributed by atoms with Crippen molar-refractivity contribution < 1.29 is 65.8 Å². The molecule has 18 heavy (non-hydrogen) atoms. The molecule has 0 aliphatic carbocycles. The molecule has 1 aromatic carbocycles. The summed E-state index contributed by atoms with van der Waals surface area (Å²) in [6.45, 7) is 0. The number of benzene rings is 1. The number of halogens is 6. The minimum Gasteiger partial charge on any atom is -0.545 e. The van der Waals surface area contributed by atoms with Crippen LogP contribution in [0.3, 0.4) is 0 Å². The van der Waals surface area contributed by atoms with Gasteiger partial charge in [-0.15, -0.1) is 0 Å². The summed E-state index contributed by atoms with van der Waals surface area (Å²) in [5, 5.41) is 10.3. The first-order valence-electron chi connectivity index (χ1n) is 4.02. The van der Waals surface area contributed by atoms with Crippen LogP contribution in [0.4, 0.5) is 26.3 Å². The van der Waals surface area contributed by atoms with Gasteiger partial charge in [0.05, 0.1) is 17.1 Å². The minimum absolute atomic E-state index is 0. The number of carbonyl (C=O) groups is 1. The third kappa shape index (κ3) is 4.18. The van der Waals surface area contributed by atoms with Gasteiger partial charge in [0, 0.05) is 0 Å². The van der Waals surface area contributed by atoms with Gasteiger partial charge in [-0.05, 0) is 23.8 Å². The normalized spacial score (nSPS) is 11.9. The van der Waals surface area contributed by atoms with Gasteiger partial charge in [-0.2, -0.15) is 26.3 Å². The molecule has 0 spiro atoms. The van der Waals surface area contributed by atoms with Crippen LogP contribution in [0, 0.1) is 0 Å². The van der Waals surface area contributed by atoms with Crippen molar-refractivity contribution in [3.05, 3.63) is 34.9 Å². The monoisotopic (exact) mass is 280 g/mol. The summed E-state index contributed by atoms with van der Waals surface area (Å²) in [5.74, 6) is -2.11. The number of hydrogen-bond donors (Lipinski definition) is 0. The van der Waals surface area contributed by atoms with Gasteiger partial charge in [0.2, 0.25) is 0 Å². The van der Waals surface area contributed by atoms with Gasteiger partial charge in [-0.25, -0.2) is 0 Å². The summed E-state index contributed by atoms with van der Waals surface area (Å²) in [5.41, 5.74) is -4.55. The van der Waals surface area contributed by atoms with E-state index in [9.17, 15) is 36.2 Å². The van der Waals surface area contributed by atoms with Gasteiger partial charge < -0.3 is 9.90 Å². The molecule has 0 aromatic heterocycles. The first-order chi connectivity index (χ1) is 7.51. The van der Waals surface area contributed by atoms with Crippen LogP contribution in [0.5, 0.6) is 0 Å². The summed E-state index contributed by atoms with van der Waals surface area (Å²) in [6, 6.07) is 0.0155. The molecule has 0 atom stereocenters. The second-order valence-corrected chi connectivity index (χ2v) is 3.08. The molecule has 0 fully saturated rings. The molecular formula is C9H3F6NaO2. The van der Waals surface area contributed by atoms with Crippen LogP contribution in [-0.4, -0.2) is 5.97 Å². The fraction of sp³-hybridized carbons (Fsp3) is 0.222. The van der Waals surface area contributed by atoms with Crippen molar-refractivity contribution in [2.75, 3.05) is 0 Å². The van der Waals surface area contributed by atoms with E-state index < -0.39 is 35.0 Å². The van der Waals surface area contributed by atoms with Gasteiger partial charge in [0.15, 0.2) is 0 Å². The minimum atomic E-state index is -5.06. The van der Waals surface area contributed by atoms with Crippen LogP contribution in [0.2, 0.25) is 0 Å². The van der Waals surface area contributed by atoms with Crippen molar-refractivity contribution in [3.63, 3.8) is 0 Å². The molecule has 0 radical (unpaired) electrons. The van der Waals surface area contributed by atoms with Crippen molar-refractivity contribution in [2.24, 2.45) is 0 Å². The first-order valence-corrected chi connectivity index (χ1v) is 4.02. The predicted octanol–water partition coefficient (Wildman–Crippen LogP) is -0.908. The maximum absolute atomic E-state index is 12.2. The number of rotatable bonds is 1. The average Bonchev–Trinajstić information content (AvgIpc) is 2.14. The number of carboxylic acids is 1. The van der Waals surface area contributed by atoms with E-state index in [1.807, 2.05) is 0 Å². The van der Waals surface area contributed by atoms with Gasteiger partial charge >= 0.3 is 41.9 Å². The van der Waals surface area contributed by atoms with Crippen molar-refractivity contribution in [1.82, 2.24) is 0 Å². The van der Waals surface area contributed by atoms with Crippen LogP contribution in [0.1, 0.15) is 21.5 Å². The smallest absolute Gasteiger partial charge is 0.545 e. The largest absolute Gasteiger partial charge is 1.00 e. The Bertz CT molecular complexity index is 419. The van der Waals surface area contributed by atoms with Crippen LogP contribution >= 0.6 is 0 Å². The molecule has 9 heteroatoms. The number of aromatic carboxylic acids is 1. The van der Waals surface area contributed by atoms with Gasteiger partial charge in [0.25, 0.3) is 0 Å². The number of carboxylic acid groups (broad SMARTS) is 1. The number of carbonyl (C=O) groups excluding carboxylic acids is 1. The fourth-order valence-corrected chi connectivity index (χ4v) is 1.07. The number of hydrogen-bond acceptors (Lipinski definition) is 2. The van der Waals surface area contributed by atoms with E-state index in [1.54, 1.807) is 0 Å². The summed E-state index contributed by atoms with van der Waals surface area (Å²) in [4.78, 5) is 10.3. The maximum atomic E-state index is 12.2. The van der Waals surface area contributed by atoms with E-state index in [-0.39, 0.29) is 47.8 Å². The zero-order valence-electron chi connectivity index (χ0n) is 8.82. The zero-order valence-corrected chi connectivity index (χ0v) is 10.8. The molecule has 0 N–H and O–H groups in total. The second kappa shape index (κ2) is 5.50. The molecular weight excluding hydrogens is 277 g/mol. The molecule has 0 aliphatic heterocycles. The topological polar surface area (TPSA) is 40.1 Å². The van der Waals surface area contributed by atoms with Crippen LogP contribution in [0.25, 0.3) is 0 Å². The first kappa shape index (κ1) is 17.3. The Morgan fingerprint density at radius 1 is 0.889 bits per heavy atom. The van der Waals surface area contributed by atoms with E-state index in [0.717, 1.165) is 0 Å². The SMILES string of the molecule is O=C([O-])c1cc(C(F)(F)F)cc(C(F)(F)F)c1.[Na+]. The Hall–Kier alpha value is -0.730. The zero-order chi connectivity index (χ0) is 13.4. The maximum Gasteiger partial charge on any atom is 1.00 e. The summed E-state index contributed by atoms with van der Waals surface area (Å²) < 4.78 is 73.3. The molecule has 0 unspecified atom stereocenters. The van der Waals surface area contributed by atoms with E-state index in [1.165, 1.54) is 0 Å². The second-order valence-electron chi connectivity index (χ2n) is 3.08. The summed E-state index contributed by atoms with van der Waals surface area (Å²) in [6.07, 6.45) is -10.1. The molecule has 0 heterocycles. The summed E-state index contributed by atoms with van der Waals surface area (Å²) >= 11 is 0. The third-order valence-corrected chi connectivity index (χ3v) is 1.82. The van der Waals surface area contributed by atoms with Crippen LogP contribution < -0.4 is 34.7 Å². The molecule has 0 amide bonds. The fourth-order valence-electron chi connectivity index (χ4n) is 1.07. The van der Waals surface area contributed by atoms with Crippen molar-refractivity contribution >= 4 is 5.97 Å². The van der Waals surface area contributed by atoms with Gasteiger partial charge in [0.1, 0.15) is 0 Å². The van der Waals surface area contributed by atoms with E-state index in [0.29, 0.717) is 0 Å². The quantitative estimate of drug-likeness (QED) is 0.494. The summed E-state index contributed by atoms with van der Waals surface area (Å²) in [7, 11) is 0. The number of alkyl halides is 6. The van der Waals surface area contributed by atoms with Crippen LogP contribution in [-0.2, 0) is 12.4 Å². The van der Waals surface area contributed by atoms with E-state index in [4.69, 9.17) is 0 Å². The Labute approximate surface area is 119 Å². The Morgan fingerprint density at radius 2 is 1.22 bits per heavy atom. The van der Waals surface area contributed by atoms with Crippen molar-refractivity contribution in [1.29, 1.82) is 0 Å². The van der Waals surface area contributed by atoms with Crippen molar-refractivity contribution in [2.45, 2.75) is 12.4 Å². The Balaban J connectivity index is 0.00000289. The van der Waals surface area contributed by atoms with Gasteiger partial charge in [-0.3, -0.25) is 0 Å². The molecule has 94 valence electrons. The molecule has 0 bridgehead atoms. The molecule has 1 rings (SSSR count). The Morgan fingerprint density at radius 3 is 1.44 bits per heavy atom. The molecule has 0 aliphatic rings. The standard InChI is InChI=1S/C9H4F6O2.Na/c10-8(11,12)5-1-4(7(16)17)2-6(3-5)9(13,14)15;/h1-3H,(H,16,17);/q;+1/p-1. The average molecular weight is 280 g/mol. The Kier molecular flexibility index (Phi) is 5.27. The molecule has 0 saturated heterocycles. The van der Waals surface area contributed by atoms with E-state index in [2.05, 4.69) is 0 Å². The molecule has 2 nitrogen and oxygen atoms in total. The van der Waals surface area contributed by atoms with Gasteiger partial charge in [-0.1, -0.05) is 0 Å². The molecule has 0 saturated carbocycles.